The van der Waals surface area contributed by atoms with Crippen LogP contribution in [0.25, 0.3) is 0 Å². The van der Waals surface area contributed by atoms with Crippen molar-refractivity contribution in [3.63, 3.8) is 0 Å². The molecule has 56 valence electrons. The topological polar surface area (TPSA) is 184 Å². The summed E-state index contributed by atoms with van der Waals surface area (Å²) in [7, 11) is 0. The van der Waals surface area contributed by atoms with Gasteiger partial charge in [-0.05, 0) is 0 Å². The second-order valence-electron chi connectivity index (χ2n) is 0. The molecule has 0 saturated carbocycles. The summed E-state index contributed by atoms with van der Waals surface area (Å²) in [5, 5.41) is 0. The zero-order valence-corrected chi connectivity index (χ0v) is 10.1. The van der Waals surface area contributed by atoms with E-state index in [2.05, 4.69) is 0 Å². The minimum atomic E-state index is 0. The van der Waals surface area contributed by atoms with Gasteiger partial charge in [0, 0.05) is 0 Å². The molecular weight excluding hydrogens is 174 g/mol. The van der Waals surface area contributed by atoms with Crippen molar-refractivity contribution in [2.75, 3.05) is 0 Å². The number of hydrogen-bond donors (Lipinski definition) is 0. The predicted octanol–water partition coefficient (Wildman–Crippen LogP) is -6.32. The molecule has 9 N–H and O–H groups in total. The molecule has 0 aromatic rings. The van der Waals surface area contributed by atoms with E-state index in [9.17, 15) is 0 Å². The van der Waals surface area contributed by atoms with Crippen molar-refractivity contribution in [3.05, 3.63) is 0 Å². The zero-order chi connectivity index (χ0) is 0. The molecule has 0 heterocycles. The van der Waals surface area contributed by atoms with E-state index in [-0.39, 0.29) is 95.4 Å². The summed E-state index contributed by atoms with van der Waals surface area (Å²) in [5.74, 6) is 0. The molecule has 0 bridgehead atoms. The second kappa shape index (κ2) is 209. The fourth-order valence-electron chi connectivity index (χ4n) is 0. The summed E-state index contributed by atoms with van der Waals surface area (Å²) in [6.07, 6.45) is 0. The Hall–Kier alpha value is 1.96. The Morgan fingerprint density at radius 3 is 0.556 bits per heavy atom. The van der Waals surface area contributed by atoms with E-state index in [1.807, 2.05) is 0 Å². The van der Waals surface area contributed by atoms with Crippen LogP contribution in [-0.4, -0.2) is 55.9 Å². The molecule has 0 amide bonds. The monoisotopic (exact) mass is 186 g/mol. The van der Waals surface area contributed by atoms with E-state index >= 15 is 0 Å². The molecule has 0 aromatic carbocycles. The van der Waals surface area contributed by atoms with Crippen molar-refractivity contribution in [2.24, 2.45) is 0 Å². The van der Waals surface area contributed by atoms with Crippen molar-refractivity contribution in [1.29, 1.82) is 0 Å². The Kier molecular flexibility index (Phi) is 6580. The fraction of sp³-hybridized carbons (Fsp3) is 0. The Bertz CT molecular complexity index is 13.0. The van der Waals surface area contributed by atoms with Crippen LogP contribution in [0.4, 0.5) is 0 Å². The molecule has 9 heteroatoms. The fourth-order valence-corrected chi connectivity index (χ4v) is 0. The summed E-state index contributed by atoms with van der Waals surface area (Å²) >= 11 is 0. The van der Waals surface area contributed by atoms with Gasteiger partial charge in [-0.1, -0.05) is 0 Å². The predicted molar refractivity (Wildman–Crippen MR) is 33.5 cm³/mol. The maximum Gasteiger partial charge on any atom is 2.00 e. The Balaban J connectivity index is 0. The Labute approximate surface area is 94.7 Å². The summed E-state index contributed by atoms with van der Waals surface area (Å²) in [6, 6.07) is 0. The van der Waals surface area contributed by atoms with E-state index in [4.69, 9.17) is 0 Å². The van der Waals surface area contributed by atoms with Crippen molar-refractivity contribution in [3.8, 4) is 0 Å². The third-order valence-electron chi connectivity index (χ3n) is 0. The van der Waals surface area contributed by atoms with E-state index in [1.165, 1.54) is 0 Å². The molecule has 0 rings (SSSR count). The van der Waals surface area contributed by atoms with Crippen LogP contribution < -0.4 is 29.6 Å². The molecule has 1 unspecified atom stereocenters. The first kappa shape index (κ1) is 284. The van der Waals surface area contributed by atoms with Gasteiger partial charge in [0.2, 0.25) is 0 Å². The minimum Gasteiger partial charge on any atom is -0.870 e. The zero-order valence-electron chi connectivity index (χ0n) is 5.26. The quantitative estimate of drug-likeness (QED) is 0.269. The first-order chi connectivity index (χ1) is 0. The first-order valence-corrected chi connectivity index (χ1v) is 0. The van der Waals surface area contributed by atoms with Gasteiger partial charge in [0.15, 0.2) is 0 Å². The third kappa shape index (κ3) is 165. The van der Waals surface area contributed by atoms with E-state index in [0.29, 0.717) is 0 Å². The van der Waals surface area contributed by atoms with Crippen LogP contribution >= 0.6 is 9.90 Å². The molecule has 6 nitrogen and oxygen atoms in total. The number of hydrogen-bond acceptors (Lipinski definition) is 3. The van der Waals surface area contributed by atoms with Gasteiger partial charge in [-0.3, -0.25) is 0 Å². The van der Waals surface area contributed by atoms with Crippen LogP contribution in [0.3, 0.4) is 0 Å². The van der Waals surface area contributed by atoms with Crippen molar-refractivity contribution < 1.29 is 62.4 Å². The maximum atomic E-state index is 0. The van der Waals surface area contributed by atoms with E-state index in [1.54, 1.807) is 0 Å². The van der Waals surface area contributed by atoms with Crippen molar-refractivity contribution in [1.82, 2.24) is 0 Å². The molecule has 0 fully saturated rings. The molecular formula is H12MgNaO6P. The average molecular weight is 186 g/mol. The molecule has 0 spiro atoms. The number of rotatable bonds is 0. The van der Waals surface area contributed by atoms with Crippen LogP contribution in [-0.2, 0) is 0 Å². The Morgan fingerprint density at radius 2 is 0.556 bits per heavy atom. The van der Waals surface area contributed by atoms with Crippen LogP contribution in [0.5, 0.6) is 0 Å². The Morgan fingerprint density at radius 1 is 0.556 bits per heavy atom. The van der Waals surface area contributed by atoms with Crippen molar-refractivity contribution >= 4 is 33.0 Å². The molecule has 0 aliphatic heterocycles. The largest absolute Gasteiger partial charge is 2.00 e. The first-order valence-electron chi connectivity index (χ1n) is 0. The van der Waals surface area contributed by atoms with Gasteiger partial charge in [-0.15, -0.1) is 0 Å². The minimum absolute atomic E-state index is 0. The molecule has 1 atom stereocenters. The van der Waals surface area contributed by atoms with Gasteiger partial charge in [0.05, 0.1) is 0 Å². The van der Waals surface area contributed by atoms with Crippen LogP contribution in [0.1, 0.15) is 0 Å². The standard InChI is InChI=1S/Mg.Na.6H2O.H3P/h;;6*1H2;1H3/q+2;+1;;;;;;;/p-3. The summed E-state index contributed by atoms with van der Waals surface area (Å²) < 4.78 is 0. The molecule has 0 aromatic heterocycles. The van der Waals surface area contributed by atoms with Gasteiger partial charge < -0.3 is 32.9 Å². The molecule has 9 heavy (non-hydrogen) atoms. The van der Waals surface area contributed by atoms with Crippen LogP contribution in [0.2, 0.25) is 0 Å². The third-order valence-corrected chi connectivity index (χ3v) is 0. The average Bonchev–Trinajstić information content (AvgIpc) is 0. The summed E-state index contributed by atoms with van der Waals surface area (Å²) in [6.45, 7) is 0. The molecule has 0 aliphatic carbocycles. The maximum absolute atomic E-state index is 0. The van der Waals surface area contributed by atoms with Gasteiger partial charge >= 0.3 is 52.6 Å². The van der Waals surface area contributed by atoms with Gasteiger partial charge in [-0.2, -0.15) is 9.90 Å². The van der Waals surface area contributed by atoms with Crippen molar-refractivity contribution in [2.45, 2.75) is 0 Å². The van der Waals surface area contributed by atoms with Gasteiger partial charge in [0.25, 0.3) is 0 Å². The van der Waals surface area contributed by atoms with Crippen LogP contribution in [0.15, 0.2) is 0 Å². The van der Waals surface area contributed by atoms with Gasteiger partial charge in [0.1, 0.15) is 0 Å². The normalized spacial score (nSPS) is 0. The summed E-state index contributed by atoms with van der Waals surface area (Å²) in [4.78, 5) is 0. The SMILES string of the molecule is O.O.O.P.[Mg+2].[Na+].[OH-].[OH-].[OH-]. The van der Waals surface area contributed by atoms with E-state index < -0.39 is 0 Å². The molecule has 0 saturated heterocycles. The second-order valence-corrected chi connectivity index (χ2v) is 0. The summed E-state index contributed by atoms with van der Waals surface area (Å²) in [5.41, 5.74) is 0. The van der Waals surface area contributed by atoms with E-state index in [0.717, 1.165) is 0 Å². The smallest absolute Gasteiger partial charge is 0.870 e. The molecule has 0 radical (unpaired) electrons. The molecule has 0 aliphatic rings. The van der Waals surface area contributed by atoms with Gasteiger partial charge in [-0.25, -0.2) is 0 Å². The van der Waals surface area contributed by atoms with Crippen LogP contribution in [0, 0.1) is 0 Å².